The Morgan fingerprint density at radius 1 is 1.40 bits per heavy atom. The van der Waals surface area contributed by atoms with E-state index in [0.717, 1.165) is 25.7 Å². The fraction of sp³-hybridized carbons (Fsp3) is 0.818. The molecule has 0 bridgehead atoms. The van der Waals surface area contributed by atoms with Crippen molar-refractivity contribution in [2.75, 3.05) is 6.61 Å². The zero-order valence-corrected chi connectivity index (χ0v) is 9.41. The average Bonchev–Trinajstić information content (AvgIpc) is 2.70. The predicted octanol–water partition coefficient (Wildman–Crippen LogP) is 1.24. The van der Waals surface area contributed by atoms with Gasteiger partial charge in [0.15, 0.2) is 0 Å². The van der Waals surface area contributed by atoms with Crippen LogP contribution < -0.4 is 5.32 Å². The molecule has 1 N–H and O–H groups in total. The van der Waals surface area contributed by atoms with Gasteiger partial charge in [-0.25, -0.2) is 4.79 Å². The van der Waals surface area contributed by atoms with Crippen molar-refractivity contribution in [3.8, 4) is 0 Å². The monoisotopic (exact) mass is 213 g/mol. The Balaban J connectivity index is 2.33. The van der Waals surface area contributed by atoms with Crippen LogP contribution in [-0.4, -0.2) is 24.5 Å². The molecule has 0 spiro atoms. The van der Waals surface area contributed by atoms with Gasteiger partial charge in [0.1, 0.15) is 6.04 Å². The molecule has 1 amide bonds. The Bertz CT molecular complexity index is 234. The predicted molar refractivity (Wildman–Crippen MR) is 56.2 cm³/mol. The Labute approximate surface area is 90.4 Å². The zero-order valence-electron chi connectivity index (χ0n) is 9.41. The highest BCUT2D eigenvalue weighted by atomic mass is 16.5. The van der Waals surface area contributed by atoms with Gasteiger partial charge in [-0.2, -0.15) is 0 Å². The van der Waals surface area contributed by atoms with Crippen molar-refractivity contribution < 1.29 is 14.3 Å². The quantitative estimate of drug-likeness (QED) is 0.715. The summed E-state index contributed by atoms with van der Waals surface area (Å²) < 4.78 is 4.81. The second-order valence-electron chi connectivity index (χ2n) is 3.96. The maximum Gasteiger partial charge on any atom is 0.328 e. The minimum Gasteiger partial charge on any atom is -0.464 e. The third-order valence-electron chi connectivity index (χ3n) is 2.72. The number of rotatable bonds is 4. The molecule has 0 aromatic carbocycles. The Morgan fingerprint density at radius 3 is 2.53 bits per heavy atom. The van der Waals surface area contributed by atoms with Crippen LogP contribution in [0.4, 0.5) is 0 Å². The summed E-state index contributed by atoms with van der Waals surface area (Å²) in [5.74, 6) is -0.265. The van der Waals surface area contributed by atoms with E-state index in [4.69, 9.17) is 4.74 Å². The van der Waals surface area contributed by atoms with Crippen LogP contribution in [0.25, 0.3) is 0 Å². The first-order valence-electron chi connectivity index (χ1n) is 5.62. The van der Waals surface area contributed by atoms with Gasteiger partial charge < -0.3 is 10.1 Å². The first-order valence-corrected chi connectivity index (χ1v) is 5.62. The highest BCUT2D eigenvalue weighted by molar-refractivity contribution is 5.85. The Kier molecular flexibility index (Phi) is 4.59. The van der Waals surface area contributed by atoms with E-state index in [1.807, 2.05) is 0 Å². The van der Waals surface area contributed by atoms with Gasteiger partial charge in [-0.05, 0) is 26.7 Å². The third-order valence-corrected chi connectivity index (χ3v) is 2.72. The molecule has 1 unspecified atom stereocenters. The van der Waals surface area contributed by atoms with Gasteiger partial charge in [-0.3, -0.25) is 4.79 Å². The zero-order chi connectivity index (χ0) is 11.3. The molecule has 0 aromatic rings. The van der Waals surface area contributed by atoms with E-state index in [1.165, 1.54) is 0 Å². The molecule has 0 radical (unpaired) electrons. The van der Waals surface area contributed by atoms with Gasteiger partial charge in [0, 0.05) is 5.92 Å². The summed E-state index contributed by atoms with van der Waals surface area (Å²) >= 11 is 0. The summed E-state index contributed by atoms with van der Waals surface area (Å²) in [5, 5.41) is 2.69. The average molecular weight is 213 g/mol. The normalized spacial score (nSPS) is 18.5. The lowest BCUT2D eigenvalue weighted by Crippen LogP contribution is -2.42. The molecular formula is C11H19NO3. The SMILES string of the molecule is CCOC(=O)C(C)NC(=O)C1CCCC1. The molecule has 4 heteroatoms. The topological polar surface area (TPSA) is 55.4 Å². The molecule has 1 aliphatic carbocycles. The molecule has 15 heavy (non-hydrogen) atoms. The minimum atomic E-state index is -0.530. The summed E-state index contributed by atoms with van der Waals surface area (Å²) in [4.78, 5) is 22.9. The standard InChI is InChI=1S/C11H19NO3/c1-3-15-11(14)8(2)12-10(13)9-6-4-5-7-9/h8-9H,3-7H2,1-2H3,(H,12,13). The summed E-state index contributed by atoms with van der Waals surface area (Å²) in [6.07, 6.45) is 4.13. The van der Waals surface area contributed by atoms with Crippen molar-refractivity contribution in [3.63, 3.8) is 0 Å². The number of carbonyl (C=O) groups is 2. The summed E-state index contributed by atoms with van der Waals surface area (Å²) in [6.45, 7) is 3.76. The number of nitrogens with one attached hydrogen (secondary N) is 1. The van der Waals surface area contributed by atoms with Crippen molar-refractivity contribution in [3.05, 3.63) is 0 Å². The van der Waals surface area contributed by atoms with Gasteiger partial charge in [0.2, 0.25) is 5.91 Å². The van der Waals surface area contributed by atoms with Crippen molar-refractivity contribution in [2.45, 2.75) is 45.6 Å². The van der Waals surface area contributed by atoms with Crippen LogP contribution in [0.2, 0.25) is 0 Å². The van der Waals surface area contributed by atoms with Crippen molar-refractivity contribution in [2.24, 2.45) is 5.92 Å². The molecule has 1 atom stereocenters. The molecular weight excluding hydrogens is 194 g/mol. The minimum absolute atomic E-state index is 0.00643. The molecule has 0 aromatic heterocycles. The van der Waals surface area contributed by atoms with E-state index in [-0.39, 0.29) is 17.8 Å². The highest BCUT2D eigenvalue weighted by Gasteiger charge is 2.25. The molecule has 1 fully saturated rings. The van der Waals surface area contributed by atoms with Crippen LogP contribution in [-0.2, 0) is 14.3 Å². The molecule has 1 rings (SSSR count). The van der Waals surface area contributed by atoms with Crippen LogP contribution in [0, 0.1) is 5.92 Å². The van der Waals surface area contributed by atoms with Crippen LogP contribution in [0.5, 0.6) is 0 Å². The highest BCUT2D eigenvalue weighted by Crippen LogP contribution is 2.24. The lowest BCUT2D eigenvalue weighted by Gasteiger charge is -2.15. The largest absolute Gasteiger partial charge is 0.464 e. The van der Waals surface area contributed by atoms with Crippen molar-refractivity contribution >= 4 is 11.9 Å². The number of hydrogen-bond acceptors (Lipinski definition) is 3. The van der Waals surface area contributed by atoms with Crippen molar-refractivity contribution in [1.82, 2.24) is 5.32 Å². The molecule has 4 nitrogen and oxygen atoms in total. The maximum atomic E-state index is 11.6. The Morgan fingerprint density at radius 2 is 2.00 bits per heavy atom. The second kappa shape index (κ2) is 5.73. The molecule has 0 saturated heterocycles. The second-order valence-corrected chi connectivity index (χ2v) is 3.96. The van der Waals surface area contributed by atoms with Crippen molar-refractivity contribution in [1.29, 1.82) is 0 Å². The fourth-order valence-corrected chi connectivity index (χ4v) is 1.85. The first kappa shape index (κ1) is 12.0. The van der Waals surface area contributed by atoms with E-state index in [0.29, 0.717) is 6.61 Å². The lowest BCUT2D eigenvalue weighted by atomic mass is 10.1. The van der Waals surface area contributed by atoms with E-state index in [1.54, 1.807) is 13.8 Å². The summed E-state index contributed by atoms with van der Waals surface area (Å²) in [6, 6.07) is -0.530. The maximum absolute atomic E-state index is 11.6. The van der Waals surface area contributed by atoms with Crippen LogP contribution in [0.3, 0.4) is 0 Å². The molecule has 0 aliphatic heterocycles. The molecule has 1 aliphatic rings. The number of ether oxygens (including phenoxy) is 1. The lowest BCUT2D eigenvalue weighted by molar-refractivity contribution is -0.147. The van der Waals surface area contributed by atoms with Gasteiger partial charge >= 0.3 is 5.97 Å². The summed E-state index contributed by atoms with van der Waals surface area (Å²) in [7, 11) is 0. The first-order chi connectivity index (χ1) is 7.15. The van der Waals surface area contributed by atoms with Gasteiger partial charge in [0.05, 0.1) is 6.61 Å². The fourth-order valence-electron chi connectivity index (χ4n) is 1.85. The smallest absolute Gasteiger partial charge is 0.328 e. The van der Waals surface area contributed by atoms with Gasteiger partial charge in [-0.15, -0.1) is 0 Å². The number of carbonyl (C=O) groups excluding carboxylic acids is 2. The number of amides is 1. The summed E-state index contributed by atoms with van der Waals surface area (Å²) in [5.41, 5.74) is 0. The molecule has 86 valence electrons. The molecule has 0 heterocycles. The van der Waals surface area contributed by atoms with E-state index in [9.17, 15) is 9.59 Å². The Hall–Kier alpha value is -1.06. The van der Waals surface area contributed by atoms with Gasteiger partial charge in [0.25, 0.3) is 0 Å². The van der Waals surface area contributed by atoms with Crippen LogP contribution in [0.15, 0.2) is 0 Å². The van der Waals surface area contributed by atoms with Crippen LogP contribution in [0.1, 0.15) is 39.5 Å². The van der Waals surface area contributed by atoms with Gasteiger partial charge in [-0.1, -0.05) is 12.8 Å². The molecule has 1 saturated carbocycles. The van der Waals surface area contributed by atoms with E-state index >= 15 is 0 Å². The number of esters is 1. The van der Waals surface area contributed by atoms with Crippen LogP contribution >= 0.6 is 0 Å². The van der Waals surface area contributed by atoms with E-state index in [2.05, 4.69) is 5.32 Å². The van der Waals surface area contributed by atoms with E-state index < -0.39 is 6.04 Å². The number of hydrogen-bond donors (Lipinski definition) is 1. The third kappa shape index (κ3) is 3.53.